The van der Waals surface area contributed by atoms with Crippen molar-refractivity contribution >= 4 is 23.4 Å². The summed E-state index contributed by atoms with van der Waals surface area (Å²) in [5.74, 6) is -0.0519. The average Bonchev–Trinajstić information content (AvgIpc) is 3.21. The third kappa shape index (κ3) is 3.90. The van der Waals surface area contributed by atoms with E-state index in [0.717, 1.165) is 17.8 Å². The molecule has 0 saturated carbocycles. The number of hydrogen-bond acceptors (Lipinski definition) is 4. The summed E-state index contributed by atoms with van der Waals surface area (Å²) in [6, 6.07) is 8.51. The summed E-state index contributed by atoms with van der Waals surface area (Å²) in [6.45, 7) is 1.76. The fraction of sp³-hybridized carbons (Fsp3) is 0.188. The maximum Gasteiger partial charge on any atom is 0.418 e. The minimum absolute atomic E-state index is 0.106. The van der Waals surface area contributed by atoms with Crippen molar-refractivity contribution < 1.29 is 18.0 Å². The Morgan fingerprint density at radius 3 is 2.54 bits per heavy atom. The number of carbonyl (C=O) groups excluding carboxylic acids is 1. The molecule has 3 rings (SSSR count). The molecular weight excluding hydrogens is 367 g/mol. The van der Waals surface area contributed by atoms with Crippen LogP contribution < -0.4 is 5.32 Å². The van der Waals surface area contributed by atoms with Crippen molar-refractivity contribution in [2.75, 3.05) is 11.1 Å². The molecule has 136 valence electrons. The number of thioether (sulfide) groups is 1. The van der Waals surface area contributed by atoms with Crippen LogP contribution in [0.1, 0.15) is 11.4 Å². The van der Waals surface area contributed by atoms with Crippen LogP contribution >= 0.6 is 11.8 Å². The smallest absolute Gasteiger partial charge is 0.325 e. The van der Waals surface area contributed by atoms with Gasteiger partial charge in [-0.1, -0.05) is 23.9 Å². The van der Waals surface area contributed by atoms with E-state index < -0.39 is 17.6 Å². The number of aromatic nitrogens is 4. The molecule has 0 spiro atoms. The number of halogens is 3. The molecular formula is C16H14F3N5OS. The predicted molar refractivity (Wildman–Crippen MR) is 90.8 cm³/mol. The number of carbonyl (C=O) groups is 1. The van der Waals surface area contributed by atoms with Crippen molar-refractivity contribution in [2.24, 2.45) is 0 Å². The molecule has 6 nitrogen and oxygen atoms in total. The topological polar surface area (TPSA) is 64.7 Å². The lowest BCUT2D eigenvalue weighted by atomic mass is 10.1. The Morgan fingerprint density at radius 2 is 1.85 bits per heavy atom. The SMILES string of the molecule is Cc1nnc(SCC(=O)Nc2ccccc2C(F)(F)F)n1-n1cccc1. The highest BCUT2D eigenvalue weighted by Gasteiger charge is 2.33. The Hall–Kier alpha value is -2.75. The number of anilines is 1. The quantitative estimate of drug-likeness (QED) is 0.688. The lowest BCUT2D eigenvalue weighted by Crippen LogP contribution is -2.18. The number of para-hydroxylation sites is 1. The van der Waals surface area contributed by atoms with Crippen molar-refractivity contribution in [3.05, 3.63) is 60.2 Å². The number of alkyl halides is 3. The number of nitrogens with zero attached hydrogens (tertiary/aromatic N) is 4. The second-order valence-corrected chi connectivity index (χ2v) is 6.23. The van der Waals surface area contributed by atoms with Gasteiger partial charge in [0.25, 0.3) is 0 Å². The van der Waals surface area contributed by atoms with Gasteiger partial charge in [0.15, 0.2) is 5.82 Å². The molecule has 2 aromatic heterocycles. The third-order valence-corrected chi connectivity index (χ3v) is 4.35. The molecule has 0 fully saturated rings. The summed E-state index contributed by atoms with van der Waals surface area (Å²) >= 11 is 1.08. The zero-order valence-corrected chi connectivity index (χ0v) is 14.4. The lowest BCUT2D eigenvalue weighted by Gasteiger charge is -2.13. The standard InChI is InChI=1S/C16H14F3N5OS/c1-11-21-22-15(24(11)23-8-4-5-9-23)26-10-14(25)20-13-7-3-2-6-12(13)16(17,18)19/h2-9H,10H2,1H3,(H,20,25). The summed E-state index contributed by atoms with van der Waals surface area (Å²) in [5, 5.41) is 10.7. The van der Waals surface area contributed by atoms with E-state index in [1.165, 1.54) is 18.2 Å². The molecule has 0 radical (unpaired) electrons. The first-order chi connectivity index (χ1) is 12.4. The Labute approximate surface area is 151 Å². The molecule has 0 aliphatic carbocycles. The van der Waals surface area contributed by atoms with Crippen LogP contribution in [0.3, 0.4) is 0 Å². The van der Waals surface area contributed by atoms with E-state index in [2.05, 4.69) is 15.5 Å². The Kier molecular flexibility index (Phi) is 5.03. The van der Waals surface area contributed by atoms with Crippen LogP contribution in [0, 0.1) is 6.92 Å². The number of nitrogens with one attached hydrogen (secondary N) is 1. The van der Waals surface area contributed by atoms with Crippen LogP contribution in [0.2, 0.25) is 0 Å². The van der Waals surface area contributed by atoms with Crippen LogP contribution in [-0.4, -0.2) is 31.2 Å². The van der Waals surface area contributed by atoms with Crippen LogP contribution in [0.5, 0.6) is 0 Å². The predicted octanol–water partition coefficient (Wildman–Crippen LogP) is 3.45. The molecule has 10 heteroatoms. The van der Waals surface area contributed by atoms with E-state index in [1.807, 2.05) is 12.1 Å². The fourth-order valence-electron chi connectivity index (χ4n) is 2.31. The van der Waals surface area contributed by atoms with Gasteiger partial charge >= 0.3 is 6.18 Å². The van der Waals surface area contributed by atoms with Gasteiger partial charge in [0.2, 0.25) is 11.1 Å². The van der Waals surface area contributed by atoms with Gasteiger partial charge in [0.1, 0.15) is 0 Å². The van der Waals surface area contributed by atoms with Gasteiger partial charge in [-0.05, 0) is 31.2 Å². The fourth-order valence-corrected chi connectivity index (χ4v) is 3.09. The first-order valence-corrected chi connectivity index (χ1v) is 8.49. The third-order valence-electron chi connectivity index (χ3n) is 3.43. The number of rotatable bonds is 5. The summed E-state index contributed by atoms with van der Waals surface area (Å²) in [7, 11) is 0. The zero-order valence-electron chi connectivity index (χ0n) is 13.6. The molecule has 1 N–H and O–H groups in total. The van der Waals surface area contributed by atoms with Gasteiger partial charge in [-0.25, -0.2) is 4.68 Å². The van der Waals surface area contributed by atoms with Gasteiger partial charge in [0, 0.05) is 12.4 Å². The Bertz CT molecular complexity index is 905. The van der Waals surface area contributed by atoms with Crippen molar-refractivity contribution in [2.45, 2.75) is 18.3 Å². The summed E-state index contributed by atoms with van der Waals surface area (Å²) in [6.07, 6.45) is -0.955. The number of aryl methyl sites for hydroxylation is 1. The minimum atomic E-state index is -4.54. The van der Waals surface area contributed by atoms with E-state index >= 15 is 0 Å². The van der Waals surface area contributed by atoms with Gasteiger partial charge < -0.3 is 5.32 Å². The maximum atomic E-state index is 13.0. The second-order valence-electron chi connectivity index (χ2n) is 5.28. The summed E-state index contributed by atoms with van der Waals surface area (Å²) in [5.41, 5.74) is -1.15. The highest BCUT2D eigenvalue weighted by Crippen LogP contribution is 2.34. The lowest BCUT2D eigenvalue weighted by molar-refractivity contribution is -0.137. The monoisotopic (exact) mass is 381 g/mol. The molecule has 26 heavy (non-hydrogen) atoms. The summed E-state index contributed by atoms with van der Waals surface area (Å²) in [4.78, 5) is 12.1. The van der Waals surface area contributed by atoms with E-state index in [0.29, 0.717) is 11.0 Å². The maximum absolute atomic E-state index is 13.0. The number of hydrogen-bond donors (Lipinski definition) is 1. The van der Waals surface area contributed by atoms with E-state index in [9.17, 15) is 18.0 Å². The second kappa shape index (κ2) is 7.24. The van der Waals surface area contributed by atoms with Crippen LogP contribution in [0.15, 0.2) is 53.9 Å². The molecule has 2 heterocycles. The minimum Gasteiger partial charge on any atom is -0.325 e. The van der Waals surface area contributed by atoms with Gasteiger partial charge in [-0.2, -0.15) is 13.2 Å². The molecule has 0 saturated heterocycles. The van der Waals surface area contributed by atoms with E-state index in [-0.39, 0.29) is 11.4 Å². The Morgan fingerprint density at radius 1 is 1.15 bits per heavy atom. The molecule has 3 aromatic rings. The van der Waals surface area contributed by atoms with Crippen molar-refractivity contribution in [1.82, 2.24) is 19.5 Å². The van der Waals surface area contributed by atoms with Gasteiger partial charge in [-0.15, -0.1) is 10.2 Å². The molecule has 0 bridgehead atoms. The van der Waals surface area contributed by atoms with E-state index in [1.54, 1.807) is 28.7 Å². The first kappa shape index (κ1) is 18.1. The molecule has 1 amide bonds. The number of benzene rings is 1. The van der Waals surface area contributed by atoms with Gasteiger partial charge in [-0.3, -0.25) is 9.47 Å². The normalized spacial score (nSPS) is 11.5. The van der Waals surface area contributed by atoms with Crippen molar-refractivity contribution in [3.63, 3.8) is 0 Å². The first-order valence-electron chi connectivity index (χ1n) is 7.51. The van der Waals surface area contributed by atoms with Crippen molar-refractivity contribution in [3.8, 4) is 0 Å². The number of amides is 1. The van der Waals surface area contributed by atoms with Crippen LogP contribution in [-0.2, 0) is 11.0 Å². The summed E-state index contributed by atoms with van der Waals surface area (Å²) < 4.78 is 42.4. The molecule has 0 aliphatic heterocycles. The van der Waals surface area contributed by atoms with Crippen LogP contribution in [0.25, 0.3) is 0 Å². The highest BCUT2D eigenvalue weighted by molar-refractivity contribution is 7.99. The molecule has 0 unspecified atom stereocenters. The molecule has 0 aliphatic rings. The van der Waals surface area contributed by atoms with E-state index in [4.69, 9.17) is 0 Å². The largest absolute Gasteiger partial charge is 0.418 e. The molecule has 0 atom stereocenters. The van der Waals surface area contributed by atoms with Crippen LogP contribution in [0.4, 0.5) is 18.9 Å². The van der Waals surface area contributed by atoms with Gasteiger partial charge in [0.05, 0.1) is 17.0 Å². The highest BCUT2D eigenvalue weighted by atomic mass is 32.2. The Balaban J connectivity index is 1.70. The zero-order chi connectivity index (χ0) is 18.7. The molecule has 1 aromatic carbocycles. The van der Waals surface area contributed by atoms with Crippen molar-refractivity contribution in [1.29, 1.82) is 0 Å². The average molecular weight is 381 g/mol.